The van der Waals surface area contributed by atoms with E-state index in [-0.39, 0.29) is 0 Å². The second-order valence-electron chi connectivity index (χ2n) is 5.35. The molecule has 22 heavy (non-hydrogen) atoms. The molecule has 112 valence electrons. The number of benzene rings is 2. The molecule has 0 unspecified atom stereocenters. The molecule has 1 aromatic heterocycles. The number of para-hydroxylation sites is 1. The zero-order valence-corrected chi connectivity index (χ0v) is 13.9. The molecular weight excluding hydrogens is 288 g/mol. The fourth-order valence-electron chi connectivity index (χ4n) is 2.42. The summed E-state index contributed by atoms with van der Waals surface area (Å²) in [5.41, 5.74) is 3.69. The lowest BCUT2D eigenvalue weighted by molar-refractivity contribution is -0.642. The second-order valence-corrected chi connectivity index (χ2v) is 6.41. The third-order valence-corrected chi connectivity index (χ3v) is 4.86. The molecule has 0 atom stereocenters. The van der Waals surface area contributed by atoms with E-state index >= 15 is 0 Å². The Balaban J connectivity index is 1.79. The monoisotopic (exact) mass is 309 g/mol. The van der Waals surface area contributed by atoms with Crippen molar-refractivity contribution in [3.05, 3.63) is 59.1 Å². The van der Waals surface area contributed by atoms with E-state index in [1.165, 1.54) is 26.5 Å². The molecule has 0 bridgehead atoms. The SMILES string of the molecule is CCCNc1ccc(/C=C/c2sc3ccccc3[n+]2C)cc1. The van der Waals surface area contributed by atoms with Crippen LogP contribution in [0.3, 0.4) is 0 Å². The summed E-state index contributed by atoms with van der Waals surface area (Å²) in [6.07, 6.45) is 5.51. The molecule has 2 aromatic carbocycles. The first-order valence-electron chi connectivity index (χ1n) is 7.67. The van der Waals surface area contributed by atoms with Gasteiger partial charge in [-0.1, -0.05) is 42.5 Å². The fraction of sp³-hybridized carbons (Fsp3) is 0.211. The zero-order valence-electron chi connectivity index (χ0n) is 13.0. The number of aryl methyl sites for hydroxylation is 1. The molecule has 0 aliphatic rings. The first-order valence-corrected chi connectivity index (χ1v) is 8.49. The summed E-state index contributed by atoms with van der Waals surface area (Å²) in [4.78, 5) is 0. The van der Waals surface area contributed by atoms with Crippen LogP contribution in [-0.2, 0) is 7.05 Å². The molecule has 0 radical (unpaired) electrons. The minimum Gasteiger partial charge on any atom is -0.385 e. The van der Waals surface area contributed by atoms with Crippen LogP contribution in [0.2, 0.25) is 0 Å². The average Bonchev–Trinajstić information content (AvgIpc) is 2.88. The van der Waals surface area contributed by atoms with Crippen molar-refractivity contribution in [3.8, 4) is 0 Å². The minimum absolute atomic E-state index is 1.02. The van der Waals surface area contributed by atoms with Gasteiger partial charge in [-0.05, 0) is 36.3 Å². The van der Waals surface area contributed by atoms with Crippen molar-refractivity contribution in [3.63, 3.8) is 0 Å². The Morgan fingerprint density at radius 2 is 1.82 bits per heavy atom. The number of nitrogens with one attached hydrogen (secondary N) is 1. The number of hydrogen-bond donors (Lipinski definition) is 1. The third kappa shape index (κ3) is 3.20. The van der Waals surface area contributed by atoms with E-state index in [4.69, 9.17) is 0 Å². The Morgan fingerprint density at radius 3 is 2.55 bits per heavy atom. The van der Waals surface area contributed by atoms with Gasteiger partial charge in [-0.25, -0.2) is 0 Å². The number of aromatic nitrogens is 1. The number of rotatable bonds is 5. The molecule has 0 saturated heterocycles. The molecule has 1 N–H and O–H groups in total. The highest BCUT2D eigenvalue weighted by Gasteiger charge is 2.13. The molecule has 1 heterocycles. The largest absolute Gasteiger partial charge is 0.385 e. The van der Waals surface area contributed by atoms with Crippen LogP contribution in [0.5, 0.6) is 0 Å². The van der Waals surface area contributed by atoms with Gasteiger partial charge in [0, 0.05) is 24.4 Å². The van der Waals surface area contributed by atoms with Gasteiger partial charge in [0.15, 0.2) is 0 Å². The summed E-state index contributed by atoms with van der Waals surface area (Å²) in [6, 6.07) is 17.1. The maximum Gasteiger partial charge on any atom is 0.262 e. The van der Waals surface area contributed by atoms with Gasteiger partial charge in [-0.3, -0.25) is 0 Å². The highest BCUT2D eigenvalue weighted by Crippen LogP contribution is 2.21. The normalized spacial score (nSPS) is 11.4. The standard InChI is InChI=1S/C19H20N2S/c1-3-14-20-16-11-8-15(9-12-16)10-13-19-21(2)17-6-4-5-7-18(17)22-19/h4-13H,3,14H2,1-2H3/p+1. The summed E-state index contributed by atoms with van der Waals surface area (Å²) in [5, 5.41) is 4.65. The highest BCUT2D eigenvalue weighted by molar-refractivity contribution is 7.18. The van der Waals surface area contributed by atoms with E-state index in [0.29, 0.717) is 0 Å². The number of hydrogen-bond acceptors (Lipinski definition) is 2. The highest BCUT2D eigenvalue weighted by atomic mass is 32.1. The predicted molar refractivity (Wildman–Crippen MR) is 97.2 cm³/mol. The van der Waals surface area contributed by atoms with Crippen molar-refractivity contribution < 1.29 is 4.57 Å². The van der Waals surface area contributed by atoms with Gasteiger partial charge < -0.3 is 5.32 Å². The fourth-order valence-corrected chi connectivity index (χ4v) is 3.47. The number of thiazole rings is 1. The molecule has 3 heteroatoms. The van der Waals surface area contributed by atoms with Gasteiger partial charge in [0.05, 0.1) is 0 Å². The first-order chi connectivity index (χ1) is 10.8. The third-order valence-electron chi connectivity index (χ3n) is 3.68. The topological polar surface area (TPSA) is 15.9 Å². The molecular formula is C19H21N2S+. The maximum absolute atomic E-state index is 3.40. The van der Waals surface area contributed by atoms with Gasteiger partial charge in [-0.15, -0.1) is 0 Å². The van der Waals surface area contributed by atoms with E-state index in [1.807, 2.05) is 11.3 Å². The van der Waals surface area contributed by atoms with Crippen molar-refractivity contribution in [1.82, 2.24) is 0 Å². The Morgan fingerprint density at radius 1 is 1.05 bits per heavy atom. The van der Waals surface area contributed by atoms with Crippen molar-refractivity contribution in [2.24, 2.45) is 7.05 Å². The van der Waals surface area contributed by atoms with Crippen molar-refractivity contribution in [2.75, 3.05) is 11.9 Å². The average molecular weight is 309 g/mol. The van der Waals surface area contributed by atoms with Crippen molar-refractivity contribution >= 4 is 39.4 Å². The zero-order chi connectivity index (χ0) is 15.4. The summed E-state index contributed by atoms with van der Waals surface area (Å²) < 4.78 is 3.57. The van der Waals surface area contributed by atoms with Crippen LogP contribution in [0.4, 0.5) is 5.69 Å². The molecule has 0 amide bonds. The number of anilines is 1. The Hall–Kier alpha value is -2.13. The predicted octanol–water partition coefficient (Wildman–Crippen LogP) is 4.72. The smallest absolute Gasteiger partial charge is 0.262 e. The van der Waals surface area contributed by atoms with E-state index in [2.05, 4.69) is 84.5 Å². The van der Waals surface area contributed by atoms with Gasteiger partial charge in [0.1, 0.15) is 11.7 Å². The summed E-state index contributed by atoms with van der Waals surface area (Å²) in [5.74, 6) is 0. The minimum atomic E-state index is 1.02. The first kappa shape index (κ1) is 14.8. The lowest BCUT2D eigenvalue weighted by atomic mass is 10.2. The lowest BCUT2D eigenvalue weighted by Crippen LogP contribution is -2.28. The molecule has 0 fully saturated rings. The van der Waals surface area contributed by atoms with Gasteiger partial charge >= 0.3 is 0 Å². The summed E-state index contributed by atoms with van der Waals surface area (Å²) in [6.45, 7) is 3.20. The van der Waals surface area contributed by atoms with Crippen LogP contribution in [0, 0.1) is 0 Å². The Kier molecular flexibility index (Phi) is 4.54. The van der Waals surface area contributed by atoms with Crippen molar-refractivity contribution in [2.45, 2.75) is 13.3 Å². The van der Waals surface area contributed by atoms with Crippen LogP contribution in [0.15, 0.2) is 48.5 Å². The van der Waals surface area contributed by atoms with E-state index in [1.54, 1.807) is 0 Å². The molecule has 3 rings (SSSR count). The molecule has 0 aliphatic heterocycles. The van der Waals surface area contributed by atoms with Crippen LogP contribution in [0.1, 0.15) is 23.9 Å². The Bertz CT molecular complexity index is 785. The molecule has 3 aromatic rings. The maximum atomic E-state index is 3.40. The summed E-state index contributed by atoms with van der Waals surface area (Å²) in [7, 11) is 2.12. The van der Waals surface area contributed by atoms with Crippen molar-refractivity contribution in [1.29, 1.82) is 0 Å². The number of nitrogens with zero attached hydrogens (tertiary/aromatic N) is 1. The van der Waals surface area contributed by atoms with Crippen LogP contribution < -0.4 is 9.88 Å². The van der Waals surface area contributed by atoms with Gasteiger partial charge in [-0.2, -0.15) is 4.57 Å². The van der Waals surface area contributed by atoms with E-state index < -0.39 is 0 Å². The number of fused-ring (bicyclic) bond motifs is 1. The lowest BCUT2D eigenvalue weighted by Gasteiger charge is -2.04. The molecule has 2 nitrogen and oxygen atoms in total. The van der Waals surface area contributed by atoms with Gasteiger partial charge in [0.2, 0.25) is 5.52 Å². The molecule has 0 aliphatic carbocycles. The van der Waals surface area contributed by atoms with Gasteiger partial charge in [0.25, 0.3) is 5.01 Å². The molecule has 0 spiro atoms. The van der Waals surface area contributed by atoms with Crippen LogP contribution in [-0.4, -0.2) is 6.54 Å². The summed E-state index contributed by atoms with van der Waals surface area (Å²) >= 11 is 1.82. The van der Waals surface area contributed by atoms with E-state index in [9.17, 15) is 0 Å². The van der Waals surface area contributed by atoms with E-state index in [0.717, 1.165) is 13.0 Å². The Labute approximate surface area is 135 Å². The van der Waals surface area contributed by atoms with Crippen LogP contribution >= 0.6 is 11.3 Å². The van der Waals surface area contributed by atoms with Crippen LogP contribution in [0.25, 0.3) is 22.4 Å². The second kappa shape index (κ2) is 6.75. The quantitative estimate of drug-likeness (QED) is 0.674. The molecule has 0 saturated carbocycles.